The van der Waals surface area contributed by atoms with Crippen molar-refractivity contribution >= 4 is 5.97 Å². The molecule has 1 aromatic heterocycles. The van der Waals surface area contributed by atoms with Crippen LogP contribution in [-0.2, 0) is 4.74 Å². The standard InChI is InChI=1S/C14H17N3O3/c1-9-3-4-11(8-17-9)20-13-12(14(18)19-2)10(7-15)5-6-16-13/h5-6,9,11,17H,3-4,8H2,1-2H3/t9-,11-/m1/s1. The summed E-state index contributed by atoms with van der Waals surface area (Å²) < 4.78 is 10.5. The minimum atomic E-state index is -0.609. The van der Waals surface area contributed by atoms with Crippen LogP contribution >= 0.6 is 0 Å². The Bertz CT molecular complexity index is 531. The van der Waals surface area contributed by atoms with Crippen molar-refractivity contribution in [2.45, 2.75) is 31.9 Å². The molecule has 1 saturated heterocycles. The molecular formula is C14H17N3O3. The third kappa shape index (κ3) is 3.06. The maximum Gasteiger partial charge on any atom is 0.344 e. The Morgan fingerprint density at radius 1 is 1.55 bits per heavy atom. The van der Waals surface area contributed by atoms with Gasteiger partial charge in [-0.3, -0.25) is 0 Å². The van der Waals surface area contributed by atoms with E-state index in [4.69, 9.17) is 14.7 Å². The van der Waals surface area contributed by atoms with Crippen molar-refractivity contribution < 1.29 is 14.3 Å². The molecule has 1 fully saturated rings. The molecule has 0 bridgehead atoms. The molecule has 1 aliphatic rings. The molecule has 2 atom stereocenters. The summed E-state index contributed by atoms with van der Waals surface area (Å²) in [4.78, 5) is 15.9. The van der Waals surface area contributed by atoms with Gasteiger partial charge in [0.05, 0.1) is 12.7 Å². The van der Waals surface area contributed by atoms with Crippen molar-refractivity contribution in [1.29, 1.82) is 5.26 Å². The zero-order chi connectivity index (χ0) is 14.5. The van der Waals surface area contributed by atoms with Crippen LogP contribution in [0.1, 0.15) is 35.7 Å². The molecule has 2 heterocycles. The summed E-state index contributed by atoms with van der Waals surface area (Å²) in [7, 11) is 1.27. The van der Waals surface area contributed by atoms with Crippen molar-refractivity contribution in [2.24, 2.45) is 0 Å². The first-order valence-electron chi connectivity index (χ1n) is 6.53. The average Bonchev–Trinajstić information content (AvgIpc) is 2.48. The first kappa shape index (κ1) is 14.3. The van der Waals surface area contributed by atoms with Crippen molar-refractivity contribution in [3.05, 3.63) is 23.4 Å². The molecule has 0 aliphatic carbocycles. The van der Waals surface area contributed by atoms with Gasteiger partial charge in [0.25, 0.3) is 0 Å². The minimum Gasteiger partial charge on any atom is -0.472 e. The lowest BCUT2D eigenvalue weighted by Gasteiger charge is -2.28. The van der Waals surface area contributed by atoms with Gasteiger partial charge in [-0.2, -0.15) is 5.26 Å². The molecule has 0 radical (unpaired) electrons. The Balaban J connectivity index is 2.23. The van der Waals surface area contributed by atoms with E-state index in [9.17, 15) is 4.79 Å². The third-order valence-corrected chi connectivity index (χ3v) is 3.32. The fourth-order valence-electron chi connectivity index (χ4n) is 2.16. The fraction of sp³-hybridized carbons (Fsp3) is 0.500. The number of ether oxygens (including phenoxy) is 2. The highest BCUT2D eigenvalue weighted by atomic mass is 16.5. The van der Waals surface area contributed by atoms with Crippen LogP contribution < -0.4 is 10.1 Å². The normalized spacial score (nSPS) is 21.9. The summed E-state index contributed by atoms with van der Waals surface area (Å²) in [5, 5.41) is 12.4. The Labute approximate surface area is 117 Å². The Hall–Kier alpha value is -2.13. The van der Waals surface area contributed by atoms with E-state index >= 15 is 0 Å². The number of nitrogens with zero attached hydrogens (tertiary/aromatic N) is 2. The summed E-state index contributed by atoms with van der Waals surface area (Å²) in [5.41, 5.74) is 0.301. The highest BCUT2D eigenvalue weighted by Gasteiger charge is 2.24. The van der Waals surface area contributed by atoms with E-state index < -0.39 is 5.97 Å². The minimum absolute atomic E-state index is 0.0592. The van der Waals surface area contributed by atoms with E-state index in [0.717, 1.165) is 12.8 Å². The Kier molecular flexibility index (Phi) is 4.53. The lowest BCUT2D eigenvalue weighted by atomic mass is 10.0. The highest BCUT2D eigenvalue weighted by molar-refractivity contribution is 5.94. The van der Waals surface area contributed by atoms with Gasteiger partial charge in [-0.05, 0) is 25.8 Å². The van der Waals surface area contributed by atoms with Gasteiger partial charge in [-0.15, -0.1) is 0 Å². The summed E-state index contributed by atoms with van der Waals surface area (Å²) in [5.74, 6) is -0.445. The van der Waals surface area contributed by atoms with E-state index in [2.05, 4.69) is 17.2 Å². The largest absolute Gasteiger partial charge is 0.472 e. The zero-order valence-electron chi connectivity index (χ0n) is 11.5. The van der Waals surface area contributed by atoms with Crippen LogP contribution in [-0.4, -0.2) is 36.8 Å². The summed E-state index contributed by atoms with van der Waals surface area (Å²) in [6.45, 7) is 2.81. The van der Waals surface area contributed by atoms with E-state index in [1.54, 1.807) is 0 Å². The monoisotopic (exact) mass is 275 g/mol. The molecule has 2 rings (SSSR count). The van der Waals surface area contributed by atoms with Gasteiger partial charge in [-0.25, -0.2) is 9.78 Å². The number of methoxy groups -OCH3 is 1. The molecule has 1 aliphatic heterocycles. The van der Waals surface area contributed by atoms with Gasteiger partial charge >= 0.3 is 5.97 Å². The van der Waals surface area contributed by atoms with E-state index in [0.29, 0.717) is 12.6 Å². The first-order chi connectivity index (χ1) is 9.65. The van der Waals surface area contributed by atoms with Crippen LogP contribution in [0.2, 0.25) is 0 Å². The van der Waals surface area contributed by atoms with E-state index in [-0.39, 0.29) is 23.1 Å². The highest BCUT2D eigenvalue weighted by Crippen LogP contribution is 2.23. The molecule has 0 aromatic carbocycles. The van der Waals surface area contributed by atoms with Crippen LogP contribution in [0.4, 0.5) is 0 Å². The second-order valence-electron chi connectivity index (χ2n) is 4.77. The summed E-state index contributed by atoms with van der Waals surface area (Å²) in [6, 6.07) is 3.90. The number of hydrogen-bond donors (Lipinski definition) is 1. The van der Waals surface area contributed by atoms with Crippen molar-refractivity contribution in [1.82, 2.24) is 10.3 Å². The van der Waals surface area contributed by atoms with Crippen LogP contribution in [0.25, 0.3) is 0 Å². The molecule has 6 heteroatoms. The molecular weight excluding hydrogens is 258 g/mol. The molecule has 106 valence electrons. The number of nitrogens with one attached hydrogen (secondary N) is 1. The van der Waals surface area contributed by atoms with Crippen molar-refractivity contribution in [2.75, 3.05) is 13.7 Å². The number of piperidine rings is 1. The number of esters is 1. The Morgan fingerprint density at radius 2 is 2.35 bits per heavy atom. The number of rotatable bonds is 3. The lowest BCUT2D eigenvalue weighted by molar-refractivity contribution is 0.0588. The second kappa shape index (κ2) is 6.35. The fourth-order valence-corrected chi connectivity index (χ4v) is 2.16. The number of nitriles is 1. The van der Waals surface area contributed by atoms with Gasteiger partial charge in [0.2, 0.25) is 5.88 Å². The number of aromatic nitrogens is 1. The molecule has 0 amide bonds. The van der Waals surface area contributed by atoms with Gasteiger partial charge in [0.15, 0.2) is 0 Å². The lowest BCUT2D eigenvalue weighted by Crippen LogP contribution is -2.42. The quantitative estimate of drug-likeness (QED) is 0.836. The van der Waals surface area contributed by atoms with Gasteiger partial charge in [0, 0.05) is 18.8 Å². The van der Waals surface area contributed by atoms with E-state index in [1.165, 1.54) is 19.4 Å². The van der Waals surface area contributed by atoms with Crippen molar-refractivity contribution in [3.63, 3.8) is 0 Å². The number of hydrogen-bond acceptors (Lipinski definition) is 6. The number of carbonyl (C=O) groups excluding carboxylic acids is 1. The maximum absolute atomic E-state index is 11.8. The van der Waals surface area contributed by atoms with Gasteiger partial charge < -0.3 is 14.8 Å². The third-order valence-electron chi connectivity index (χ3n) is 3.32. The molecule has 0 unspecified atom stereocenters. The molecule has 6 nitrogen and oxygen atoms in total. The molecule has 1 N–H and O–H groups in total. The number of pyridine rings is 1. The number of carbonyl (C=O) groups is 1. The van der Waals surface area contributed by atoms with E-state index in [1.807, 2.05) is 6.07 Å². The van der Waals surface area contributed by atoms with Gasteiger partial charge in [0.1, 0.15) is 17.7 Å². The summed E-state index contributed by atoms with van der Waals surface area (Å²) in [6.07, 6.45) is 3.28. The molecule has 1 aromatic rings. The predicted octanol–water partition coefficient (Wildman–Crippen LogP) is 1.26. The molecule has 0 saturated carbocycles. The molecule has 0 spiro atoms. The van der Waals surface area contributed by atoms with Crippen LogP contribution in [0.15, 0.2) is 12.3 Å². The van der Waals surface area contributed by atoms with Crippen LogP contribution in [0, 0.1) is 11.3 Å². The predicted molar refractivity (Wildman–Crippen MR) is 71.4 cm³/mol. The van der Waals surface area contributed by atoms with Crippen molar-refractivity contribution in [3.8, 4) is 11.9 Å². The maximum atomic E-state index is 11.8. The Morgan fingerprint density at radius 3 is 2.95 bits per heavy atom. The summed E-state index contributed by atoms with van der Waals surface area (Å²) >= 11 is 0. The first-order valence-corrected chi connectivity index (χ1v) is 6.53. The van der Waals surface area contributed by atoms with Gasteiger partial charge in [-0.1, -0.05) is 0 Å². The molecule has 20 heavy (non-hydrogen) atoms. The zero-order valence-corrected chi connectivity index (χ0v) is 11.5. The topological polar surface area (TPSA) is 84.2 Å². The van der Waals surface area contributed by atoms with Crippen LogP contribution in [0.5, 0.6) is 5.88 Å². The smallest absolute Gasteiger partial charge is 0.344 e. The average molecular weight is 275 g/mol. The second-order valence-corrected chi connectivity index (χ2v) is 4.77. The van der Waals surface area contributed by atoms with Crippen LogP contribution in [0.3, 0.4) is 0 Å². The SMILES string of the molecule is COC(=O)c1c(C#N)ccnc1O[C@@H]1CC[C@@H](C)NC1.